The molecule has 2 atom stereocenters. The Balaban J connectivity index is 2.20. The van der Waals surface area contributed by atoms with Crippen molar-refractivity contribution in [2.75, 3.05) is 7.11 Å². The monoisotopic (exact) mass is 241 g/mol. The number of hydrogen-bond donors (Lipinski definition) is 0. The molecule has 4 nitrogen and oxygen atoms in total. The zero-order chi connectivity index (χ0) is 11.5. The van der Waals surface area contributed by atoms with Crippen LogP contribution >= 0.6 is 0 Å². The molecule has 1 aliphatic rings. The summed E-state index contributed by atoms with van der Waals surface area (Å²) in [5.74, 6) is 0.759. The van der Waals surface area contributed by atoms with Crippen molar-refractivity contribution in [3.8, 4) is 5.75 Å². The van der Waals surface area contributed by atoms with Gasteiger partial charge in [0.05, 0.1) is 0 Å². The topological polar surface area (TPSA) is 58.6 Å². The lowest BCUT2D eigenvalue weighted by Crippen LogP contribution is -2.24. The van der Waals surface area contributed by atoms with E-state index in [-0.39, 0.29) is 12.0 Å². The summed E-state index contributed by atoms with van der Waals surface area (Å²) in [7, 11) is 1.60. The van der Waals surface area contributed by atoms with Crippen LogP contribution in [0, 0.1) is 0 Å². The average molecular weight is 241 g/mol. The highest BCUT2D eigenvalue weighted by Gasteiger charge is 2.19. The molecule has 0 aliphatic carbocycles. The van der Waals surface area contributed by atoms with Crippen LogP contribution in [0.2, 0.25) is 0 Å². The summed E-state index contributed by atoms with van der Waals surface area (Å²) in [6, 6.07) is 5.52. The van der Waals surface area contributed by atoms with Crippen LogP contribution in [0.3, 0.4) is 0 Å². The lowest BCUT2D eigenvalue weighted by atomic mass is 10.0. The molecule has 1 heterocycles. The van der Waals surface area contributed by atoms with E-state index in [9.17, 15) is 8.76 Å². The maximum absolute atomic E-state index is 10.6. The van der Waals surface area contributed by atoms with E-state index >= 15 is 0 Å². The van der Waals surface area contributed by atoms with Gasteiger partial charge in [-0.05, 0) is 23.6 Å². The SMILES string of the molecule is COC1CCc2ccc(CS(=O)[O-])cc2O1. The summed E-state index contributed by atoms with van der Waals surface area (Å²) in [6.45, 7) is 0. The molecule has 1 aromatic rings. The molecular formula is C11H13O4S-. The minimum Gasteiger partial charge on any atom is -0.772 e. The fourth-order valence-corrected chi connectivity index (χ4v) is 2.23. The van der Waals surface area contributed by atoms with Crippen molar-refractivity contribution < 1.29 is 18.2 Å². The van der Waals surface area contributed by atoms with Gasteiger partial charge < -0.3 is 14.0 Å². The van der Waals surface area contributed by atoms with E-state index in [1.165, 1.54) is 0 Å². The first kappa shape index (κ1) is 11.6. The summed E-state index contributed by atoms with van der Waals surface area (Å²) in [6.07, 6.45) is 1.51. The summed E-state index contributed by atoms with van der Waals surface area (Å²) in [5.41, 5.74) is 1.84. The third kappa shape index (κ3) is 2.61. The summed E-state index contributed by atoms with van der Waals surface area (Å²) in [4.78, 5) is 0. The standard InChI is InChI=1S/C11H14O4S/c1-14-11-5-4-9-3-2-8(7-16(12)13)6-10(9)15-11/h2-3,6,11H,4-5,7H2,1H3,(H,12,13)/p-1. The maximum Gasteiger partial charge on any atom is 0.199 e. The Morgan fingerprint density at radius 3 is 3.12 bits per heavy atom. The number of fused-ring (bicyclic) bond motifs is 1. The highest BCUT2D eigenvalue weighted by molar-refractivity contribution is 7.78. The number of aryl methyl sites for hydroxylation is 1. The largest absolute Gasteiger partial charge is 0.772 e. The Kier molecular flexibility index (Phi) is 3.58. The first-order valence-electron chi connectivity index (χ1n) is 5.06. The Morgan fingerprint density at radius 1 is 1.62 bits per heavy atom. The van der Waals surface area contributed by atoms with Gasteiger partial charge in [-0.15, -0.1) is 0 Å². The average Bonchev–Trinajstić information content (AvgIpc) is 2.27. The van der Waals surface area contributed by atoms with Gasteiger partial charge in [0.1, 0.15) is 5.75 Å². The van der Waals surface area contributed by atoms with Gasteiger partial charge in [0, 0.05) is 19.3 Å². The maximum atomic E-state index is 10.6. The van der Waals surface area contributed by atoms with Gasteiger partial charge in [0.2, 0.25) is 0 Å². The molecule has 0 spiro atoms. The second kappa shape index (κ2) is 4.95. The number of rotatable bonds is 3. The highest BCUT2D eigenvalue weighted by Crippen LogP contribution is 2.29. The van der Waals surface area contributed by atoms with Gasteiger partial charge in [0.25, 0.3) is 0 Å². The second-order valence-electron chi connectivity index (χ2n) is 3.71. The molecule has 5 heteroatoms. The summed E-state index contributed by atoms with van der Waals surface area (Å²) in [5, 5.41) is 0. The van der Waals surface area contributed by atoms with E-state index < -0.39 is 11.1 Å². The van der Waals surface area contributed by atoms with Gasteiger partial charge in [0.15, 0.2) is 6.29 Å². The molecule has 0 fully saturated rings. The molecule has 0 radical (unpaired) electrons. The fourth-order valence-electron chi connectivity index (χ4n) is 1.78. The van der Waals surface area contributed by atoms with Crippen molar-refractivity contribution in [1.82, 2.24) is 0 Å². The van der Waals surface area contributed by atoms with E-state index in [4.69, 9.17) is 9.47 Å². The van der Waals surface area contributed by atoms with Crippen molar-refractivity contribution in [2.24, 2.45) is 0 Å². The van der Waals surface area contributed by atoms with Gasteiger partial charge in [-0.25, -0.2) is 0 Å². The molecule has 0 amide bonds. The normalized spacial score (nSPS) is 21.0. The Labute approximate surface area is 96.9 Å². The highest BCUT2D eigenvalue weighted by atomic mass is 32.2. The van der Waals surface area contributed by atoms with Crippen molar-refractivity contribution in [1.29, 1.82) is 0 Å². The molecule has 1 aliphatic heterocycles. The third-order valence-electron chi connectivity index (χ3n) is 2.59. The zero-order valence-corrected chi connectivity index (χ0v) is 9.79. The predicted octanol–water partition coefficient (Wildman–Crippen LogP) is 1.36. The lowest BCUT2D eigenvalue weighted by Gasteiger charge is -2.25. The summed E-state index contributed by atoms with van der Waals surface area (Å²) < 4.78 is 31.9. The van der Waals surface area contributed by atoms with E-state index in [1.807, 2.05) is 12.1 Å². The Hall–Kier alpha value is -0.910. The third-order valence-corrected chi connectivity index (χ3v) is 3.16. The Morgan fingerprint density at radius 2 is 2.44 bits per heavy atom. The van der Waals surface area contributed by atoms with Crippen molar-refractivity contribution >= 4 is 11.1 Å². The smallest absolute Gasteiger partial charge is 0.199 e. The van der Waals surface area contributed by atoms with Crippen LogP contribution in [0.5, 0.6) is 5.75 Å². The van der Waals surface area contributed by atoms with Gasteiger partial charge >= 0.3 is 0 Å². The molecule has 0 N–H and O–H groups in total. The van der Waals surface area contributed by atoms with Crippen LogP contribution in [0.1, 0.15) is 17.5 Å². The molecular weight excluding hydrogens is 228 g/mol. The van der Waals surface area contributed by atoms with Gasteiger partial charge in [-0.2, -0.15) is 0 Å². The molecule has 2 unspecified atom stereocenters. The fraction of sp³-hybridized carbons (Fsp3) is 0.455. The number of ether oxygens (including phenoxy) is 2. The minimum absolute atomic E-state index is 0.0221. The zero-order valence-electron chi connectivity index (χ0n) is 8.97. The molecule has 88 valence electrons. The van der Waals surface area contributed by atoms with Gasteiger partial charge in [-0.3, -0.25) is 4.21 Å². The molecule has 0 bridgehead atoms. The van der Waals surface area contributed by atoms with E-state index in [0.717, 1.165) is 29.7 Å². The molecule has 0 saturated heterocycles. The predicted molar refractivity (Wildman–Crippen MR) is 58.8 cm³/mol. The van der Waals surface area contributed by atoms with E-state index in [1.54, 1.807) is 13.2 Å². The van der Waals surface area contributed by atoms with Crippen molar-refractivity contribution in [3.63, 3.8) is 0 Å². The Bertz CT molecular complexity index is 405. The molecule has 16 heavy (non-hydrogen) atoms. The molecule has 0 aromatic heterocycles. The quantitative estimate of drug-likeness (QED) is 0.750. The molecule has 2 rings (SSSR count). The summed E-state index contributed by atoms with van der Waals surface area (Å²) >= 11 is -2.06. The van der Waals surface area contributed by atoms with Crippen molar-refractivity contribution in [2.45, 2.75) is 24.9 Å². The number of benzene rings is 1. The van der Waals surface area contributed by atoms with Crippen LogP contribution in [-0.4, -0.2) is 22.2 Å². The van der Waals surface area contributed by atoms with Crippen LogP contribution in [0.4, 0.5) is 0 Å². The van der Waals surface area contributed by atoms with E-state index in [2.05, 4.69) is 0 Å². The van der Waals surface area contributed by atoms with Crippen LogP contribution in [-0.2, 0) is 28.0 Å². The number of methoxy groups -OCH3 is 1. The molecule has 0 saturated carbocycles. The van der Waals surface area contributed by atoms with E-state index in [0.29, 0.717) is 0 Å². The van der Waals surface area contributed by atoms with Gasteiger partial charge in [-0.1, -0.05) is 23.2 Å². The number of hydrogen-bond acceptors (Lipinski definition) is 4. The van der Waals surface area contributed by atoms with Crippen LogP contribution in [0.25, 0.3) is 0 Å². The molecule has 1 aromatic carbocycles. The first-order valence-corrected chi connectivity index (χ1v) is 6.30. The first-order chi connectivity index (χ1) is 7.69. The minimum atomic E-state index is -2.06. The van der Waals surface area contributed by atoms with Crippen molar-refractivity contribution in [3.05, 3.63) is 29.3 Å². The van der Waals surface area contributed by atoms with Crippen LogP contribution in [0.15, 0.2) is 18.2 Å². The van der Waals surface area contributed by atoms with Crippen LogP contribution < -0.4 is 4.74 Å². The lowest BCUT2D eigenvalue weighted by molar-refractivity contribution is -0.0653. The second-order valence-corrected chi connectivity index (χ2v) is 4.61.